The Morgan fingerprint density at radius 1 is 0.912 bits per heavy atom. The van der Waals surface area contributed by atoms with Gasteiger partial charge in [-0.2, -0.15) is 0 Å². The van der Waals surface area contributed by atoms with E-state index in [-0.39, 0.29) is 5.69 Å². The number of ether oxygens (including phenoxy) is 1. The summed E-state index contributed by atoms with van der Waals surface area (Å²) in [6.07, 6.45) is 1.67. The first-order valence-corrected chi connectivity index (χ1v) is 11.5. The zero-order valence-electron chi connectivity index (χ0n) is 19.0. The number of hydrogen-bond acceptors (Lipinski definition) is 4. The second-order valence-electron chi connectivity index (χ2n) is 8.46. The number of halogens is 1. The Hall–Kier alpha value is -3.93. The van der Waals surface area contributed by atoms with E-state index in [1.807, 2.05) is 42.2 Å². The van der Waals surface area contributed by atoms with Crippen LogP contribution in [0.25, 0.3) is 5.57 Å². The lowest BCUT2D eigenvalue weighted by Gasteiger charge is -2.31. The highest BCUT2D eigenvalue weighted by Crippen LogP contribution is 2.37. The highest BCUT2D eigenvalue weighted by Gasteiger charge is 2.43. The van der Waals surface area contributed by atoms with Gasteiger partial charge in [-0.05, 0) is 59.9 Å². The summed E-state index contributed by atoms with van der Waals surface area (Å²) in [5.74, 6) is -0.682. The highest BCUT2D eigenvalue weighted by atomic mass is 19.1. The van der Waals surface area contributed by atoms with Crippen LogP contribution in [0, 0.1) is 5.82 Å². The Morgan fingerprint density at radius 3 is 2.41 bits per heavy atom. The van der Waals surface area contributed by atoms with Gasteiger partial charge in [-0.1, -0.05) is 49.4 Å². The molecule has 0 bridgehead atoms. The second kappa shape index (κ2) is 9.14. The summed E-state index contributed by atoms with van der Waals surface area (Å²) in [6, 6.07) is 20.9. The number of carbonyl (C=O) groups is 2. The van der Waals surface area contributed by atoms with E-state index in [2.05, 4.69) is 6.07 Å². The molecule has 0 radical (unpaired) electrons. The monoisotopic (exact) mass is 456 g/mol. The van der Waals surface area contributed by atoms with Crippen LogP contribution in [0.15, 0.2) is 78.5 Å². The first kappa shape index (κ1) is 21.9. The van der Waals surface area contributed by atoms with Gasteiger partial charge < -0.3 is 9.64 Å². The Balaban J connectivity index is 1.57. The normalized spacial score (nSPS) is 15.7. The first-order chi connectivity index (χ1) is 16.6. The van der Waals surface area contributed by atoms with E-state index >= 15 is 0 Å². The van der Waals surface area contributed by atoms with E-state index in [1.54, 1.807) is 18.2 Å². The third-order valence-corrected chi connectivity index (χ3v) is 6.19. The van der Waals surface area contributed by atoms with Crippen LogP contribution in [0.3, 0.4) is 0 Å². The van der Waals surface area contributed by atoms with Crippen LogP contribution in [0.2, 0.25) is 0 Å². The molecule has 3 aromatic carbocycles. The molecule has 2 aliphatic rings. The fraction of sp³-hybridized carbons (Fsp3) is 0.214. The molecule has 3 aromatic rings. The van der Waals surface area contributed by atoms with Crippen LogP contribution in [-0.4, -0.2) is 29.9 Å². The topological polar surface area (TPSA) is 49.9 Å². The van der Waals surface area contributed by atoms with E-state index < -0.39 is 17.6 Å². The molecule has 2 aliphatic heterocycles. The van der Waals surface area contributed by atoms with E-state index in [0.29, 0.717) is 42.3 Å². The van der Waals surface area contributed by atoms with Crippen molar-refractivity contribution in [2.45, 2.75) is 26.3 Å². The van der Waals surface area contributed by atoms with E-state index in [4.69, 9.17) is 4.74 Å². The van der Waals surface area contributed by atoms with Crippen molar-refractivity contribution < 1.29 is 18.7 Å². The van der Waals surface area contributed by atoms with Gasteiger partial charge >= 0.3 is 0 Å². The molecule has 2 heterocycles. The highest BCUT2D eigenvalue weighted by molar-refractivity contribution is 6.45. The third kappa shape index (κ3) is 3.96. The maximum atomic E-state index is 14.0. The average molecular weight is 457 g/mol. The number of imide groups is 1. The SMILES string of the molecule is CCCOc1ccc(C2=C(N3CCc4ccccc4C3)C(=O)N(c3cccc(F)c3)C2=O)cc1. The van der Waals surface area contributed by atoms with Crippen molar-refractivity contribution in [2.24, 2.45) is 0 Å². The zero-order chi connectivity index (χ0) is 23.7. The molecule has 34 heavy (non-hydrogen) atoms. The van der Waals surface area contributed by atoms with Crippen LogP contribution in [0.4, 0.5) is 10.1 Å². The summed E-state index contributed by atoms with van der Waals surface area (Å²) in [5, 5.41) is 0. The third-order valence-electron chi connectivity index (χ3n) is 6.19. The lowest BCUT2D eigenvalue weighted by atomic mass is 9.98. The molecular weight excluding hydrogens is 431 g/mol. The Bertz CT molecular complexity index is 1280. The van der Waals surface area contributed by atoms with Gasteiger partial charge in [0, 0.05) is 13.1 Å². The van der Waals surface area contributed by atoms with Crippen molar-refractivity contribution in [1.82, 2.24) is 4.90 Å². The molecule has 0 fully saturated rings. The van der Waals surface area contributed by atoms with Crippen molar-refractivity contribution in [3.8, 4) is 5.75 Å². The largest absolute Gasteiger partial charge is 0.494 e. The maximum absolute atomic E-state index is 14.0. The molecule has 0 spiro atoms. The molecule has 5 rings (SSSR count). The maximum Gasteiger partial charge on any atom is 0.282 e. The molecular formula is C28H25FN2O3. The number of fused-ring (bicyclic) bond motifs is 1. The smallest absolute Gasteiger partial charge is 0.282 e. The molecule has 6 heteroatoms. The van der Waals surface area contributed by atoms with Crippen molar-refractivity contribution in [2.75, 3.05) is 18.1 Å². The number of amides is 2. The van der Waals surface area contributed by atoms with E-state index in [9.17, 15) is 14.0 Å². The Labute approximate surface area is 198 Å². The van der Waals surface area contributed by atoms with Crippen molar-refractivity contribution in [3.05, 3.63) is 101 Å². The first-order valence-electron chi connectivity index (χ1n) is 11.5. The fourth-order valence-corrected chi connectivity index (χ4v) is 4.55. The van der Waals surface area contributed by atoms with E-state index in [1.165, 1.54) is 23.8 Å². The second-order valence-corrected chi connectivity index (χ2v) is 8.46. The summed E-state index contributed by atoms with van der Waals surface area (Å²) in [5.41, 5.74) is 3.92. The number of carbonyl (C=O) groups excluding carboxylic acids is 2. The van der Waals surface area contributed by atoms with Gasteiger partial charge in [-0.25, -0.2) is 9.29 Å². The molecule has 0 atom stereocenters. The molecule has 172 valence electrons. The molecule has 0 unspecified atom stereocenters. The Kier molecular flexibility index (Phi) is 5.88. The minimum atomic E-state index is -0.502. The van der Waals surface area contributed by atoms with Crippen molar-refractivity contribution in [3.63, 3.8) is 0 Å². The fourth-order valence-electron chi connectivity index (χ4n) is 4.55. The van der Waals surface area contributed by atoms with Gasteiger partial charge in [0.05, 0.1) is 17.9 Å². The standard InChI is InChI=1S/C28H25FN2O3/c1-2-16-34-24-12-10-20(11-13-24)25-26(30-15-14-19-6-3-4-7-21(19)18-30)28(33)31(27(25)32)23-9-5-8-22(29)17-23/h3-13,17H,2,14-16,18H2,1H3. The zero-order valence-corrected chi connectivity index (χ0v) is 19.0. The van der Waals surface area contributed by atoms with Gasteiger partial charge in [0.1, 0.15) is 17.3 Å². The van der Waals surface area contributed by atoms with Gasteiger partial charge in [-0.15, -0.1) is 0 Å². The molecule has 0 saturated heterocycles. The van der Waals surface area contributed by atoms with Gasteiger partial charge in [0.15, 0.2) is 0 Å². The van der Waals surface area contributed by atoms with Gasteiger partial charge in [0.2, 0.25) is 0 Å². The average Bonchev–Trinajstić information content (AvgIpc) is 3.12. The summed E-state index contributed by atoms with van der Waals surface area (Å²) >= 11 is 0. The predicted octanol–water partition coefficient (Wildman–Crippen LogP) is 4.96. The van der Waals surface area contributed by atoms with Crippen molar-refractivity contribution >= 4 is 23.1 Å². The Morgan fingerprint density at radius 2 is 1.68 bits per heavy atom. The number of rotatable bonds is 6. The van der Waals surface area contributed by atoms with Crippen LogP contribution < -0.4 is 9.64 Å². The molecule has 0 aliphatic carbocycles. The molecule has 0 aromatic heterocycles. The summed E-state index contributed by atoms with van der Waals surface area (Å²) in [7, 11) is 0. The minimum absolute atomic E-state index is 0.225. The van der Waals surface area contributed by atoms with Gasteiger partial charge in [0.25, 0.3) is 11.8 Å². The van der Waals surface area contributed by atoms with Crippen LogP contribution in [-0.2, 0) is 22.6 Å². The summed E-state index contributed by atoms with van der Waals surface area (Å²) in [4.78, 5) is 30.4. The van der Waals surface area contributed by atoms with Gasteiger partial charge in [-0.3, -0.25) is 9.59 Å². The number of benzene rings is 3. The van der Waals surface area contributed by atoms with Crippen LogP contribution in [0.1, 0.15) is 30.0 Å². The van der Waals surface area contributed by atoms with Crippen LogP contribution >= 0.6 is 0 Å². The van der Waals surface area contributed by atoms with Crippen LogP contribution in [0.5, 0.6) is 5.75 Å². The molecule has 5 nitrogen and oxygen atoms in total. The summed E-state index contributed by atoms with van der Waals surface area (Å²) in [6.45, 7) is 3.78. The van der Waals surface area contributed by atoms with Crippen molar-refractivity contribution in [1.29, 1.82) is 0 Å². The summed E-state index contributed by atoms with van der Waals surface area (Å²) < 4.78 is 19.6. The number of hydrogen-bond donors (Lipinski definition) is 0. The minimum Gasteiger partial charge on any atom is -0.494 e. The lowest BCUT2D eigenvalue weighted by Crippen LogP contribution is -2.37. The van der Waals surface area contributed by atoms with E-state index in [0.717, 1.165) is 23.3 Å². The molecule has 2 amide bonds. The quantitative estimate of drug-likeness (QED) is 0.492. The predicted molar refractivity (Wildman–Crippen MR) is 129 cm³/mol. The lowest BCUT2D eigenvalue weighted by molar-refractivity contribution is -0.120. The molecule has 0 saturated carbocycles. The molecule has 0 N–H and O–H groups in total. The number of anilines is 1. The number of nitrogens with zero attached hydrogens (tertiary/aromatic N) is 2.